The first-order valence-corrected chi connectivity index (χ1v) is 8.04. The van der Waals surface area contributed by atoms with Crippen LogP contribution >= 0.6 is 11.6 Å². The molecule has 1 heterocycles. The van der Waals surface area contributed by atoms with Crippen LogP contribution in [0.2, 0.25) is 0 Å². The lowest BCUT2D eigenvalue weighted by molar-refractivity contribution is 0.136. The van der Waals surface area contributed by atoms with Crippen LogP contribution in [0.3, 0.4) is 0 Å². The summed E-state index contributed by atoms with van der Waals surface area (Å²) in [7, 11) is -3.16. The lowest BCUT2D eigenvalue weighted by atomic mass is 10.2. The molecule has 1 aromatic rings. The van der Waals surface area contributed by atoms with E-state index in [9.17, 15) is 13.2 Å². The highest BCUT2D eigenvalue weighted by atomic mass is 35.5. The van der Waals surface area contributed by atoms with Crippen molar-refractivity contribution >= 4 is 27.5 Å². The van der Waals surface area contributed by atoms with Gasteiger partial charge in [0.2, 0.25) is 0 Å². The standard InChI is InChI=1S/C12H14ClNO4S/c13-10-7-19(16,17)8-11(10)14-12(15)18-6-9-4-2-1-3-5-9/h1-5,10-11H,6-8H2,(H,14,15)/t10-,11-/m1/s1. The highest BCUT2D eigenvalue weighted by Crippen LogP contribution is 2.18. The molecule has 1 aliphatic heterocycles. The number of halogens is 1. The number of sulfone groups is 1. The molecule has 1 aromatic carbocycles. The first-order chi connectivity index (χ1) is 8.96. The fourth-order valence-electron chi connectivity index (χ4n) is 1.85. The van der Waals surface area contributed by atoms with Gasteiger partial charge >= 0.3 is 6.09 Å². The van der Waals surface area contributed by atoms with E-state index in [-0.39, 0.29) is 18.1 Å². The van der Waals surface area contributed by atoms with Gasteiger partial charge in [0.25, 0.3) is 0 Å². The molecule has 1 amide bonds. The van der Waals surface area contributed by atoms with E-state index in [1.807, 2.05) is 30.3 Å². The summed E-state index contributed by atoms with van der Waals surface area (Å²) in [6, 6.07) is 8.62. The van der Waals surface area contributed by atoms with Gasteiger partial charge in [-0.1, -0.05) is 30.3 Å². The zero-order valence-corrected chi connectivity index (χ0v) is 11.7. The highest BCUT2D eigenvalue weighted by Gasteiger charge is 2.37. The van der Waals surface area contributed by atoms with Crippen LogP contribution in [0.4, 0.5) is 4.79 Å². The molecule has 0 aromatic heterocycles. The van der Waals surface area contributed by atoms with Crippen molar-refractivity contribution < 1.29 is 17.9 Å². The first-order valence-electron chi connectivity index (χ1n) is 5.78. The fraction of sp³-hybridized carbons (Fsp3) is 0.417. The number of amides is 1. The minimum atomic E-state index is -3.16. The van der Waals surface area contributed by atoms with Crippen molar-refractivity contribution in [2.45, 2.75) is 18.0 Å². The Hall–Kier alpha value is -1.27. The third kappa shape index (κ3) is 4.11. The van der Waals surface area contributed by atoms with Crippen molar-refractivity contribution in [3.05, 3.63) is 35.9 Å². The summed E-state index contributed by atoms with van der Waals surface area (Å²) >= 11 is 5.87. The topological polar surface area (TPSA) is 72.5 Å². The Morgan fingerprint density at radius 2 is 2.00 bits per heavy atom. The van der Waals surface area contributed by atoms with E-state index in [1.54, 1.807) is 0 Å². The van der Waals surface area contributed by atoms with E-state index in [1.165, 1.54) is 0 Å². The zero-order valence-electron chi connectivity index (χ0n) is 10.1. The van der Waals surface area contributed by atoms with Crippen LogP contribution in [0.25, 0.3) is 0 Å². The molecule has 2 atom stereocenters. The molecular weight excluding hydrogens is 290 g/mol. The number of ether oxygens (including phenoxy) is 1. The van der Waals surface area contributed by atoms with Gasteiger partial charge in [-0.25, -0.2) is 13.2 Å². The van der Waals surface area contributed by atoms with Gasteiger partial charge in [-0.2, -0.15) is 0 Å². The van der Waals surface area contributed by atoms with Crippen LogP contribution in [0.15, 0.2) is 30.3 Å². The van der Waals surface area contributed by atoms with Gasteiger partial charge in [-0.05, 0) is 5.56 Å². The average Bonchev–Trinajstić information content (AvgIpc) is 2.61. The van der Waals surface area contributed by atoms with Crippen molar-refractivity contribution in [2.24, 2.45) is 0 Å². The van der Waals surface area contributed by atoms with Crippen molar-refractivity contribution in [1.29, 1.82) is 0 Å². The second kappa shape index (κ2) is 5.79. The van der Waals surface area contributed by atoms with Gasteiger partial charge in [-0.3, -0.25) is 0 Å². The second-order valence-corrected chi connectivity index (χ2v) is 7.12. The van der Waals surface area contributed by atoms with Gasteiger partial charge in [0.05, 0.1) is 22.9 Å². The number of benzene rings is 1. The molecule has 0 spiro atoms. The van der Waals surface area contributed by atoms with E-state index in [2.05, 4.69) is 5.32 Å². The summed E-state index contributed by atoms with van der Waals surface area (Å²) in [6.07, 6.45) is -0.656. The van der Waals surface area contributed by atoms with Crippen molar-refractivity contribution in [3.63, 3.8) is 0 Å². The molecule has 0 aliphatic carbocycles. The van der Waals surface area contributed by atoms with Crippen LogP contribution in [0.1, 0.15) is 5.56 Å². The van der Waals surface area contributed by atoms with Crippen LogP contribution < -0.4 is 5.32 Å². The molecule has 5 nitrogen and oxygen atoms in total. The average molecular weight is 304 g/mol. The Kier molecular flexibility index (Phi) is 4.31. The number of hydrogen-bond donors (Lipinski definition) is 1. The fourth-order valence-corrected chi connectivity index (χ4v) is 4.40. The maximum Gasteiger partial charge on any atom is 0.407 e. The Morgan fingerprint density at radius 3 is 2.58 bits per heavy atom. The predicted molar refractivity (Wildman–Crippen MR) is 71.8 cm³/mol. The van der Waals surface area contributed by atoms with Gasteiger partial charge in [0.15, 0.2) is 9.84 Å². The summed E-state index contributed by atoms with van der Waals surface area (Å²) in [5.41, 5.74) is 0.860. The number of nitrogens with one attached hydrogen (secondary N) is 1. The highest BCUT2D eigenvalue weighted by molar-refractivity contribution is 7.91. The van der Waals surface area contributed by atoms with Gasteiger partial charge in [-0.15, -0.1) is 11.6 Å². The number of alkyl carbamates (subject to hydrolysis) is 1. The Morgan fingerprint density at radius 1 is 1.32 bits per heavy atom. The molecule has 19 heavy (non-hydrogen) atoms. The molecule has 0 unspecified atom stereocenters. The van der Waals surface area contributed by atoms with Gasteiger partial charge in [0, 0.05) is 0 Å². The Labute approximate surface area is 116 Å². The maximum atomic E-state index is 11.5. The number of rotatable bonds is 3. The monoisotopic (exact) mass is 303 g/mol. The van der Waals surface area contributed by atoms with Crippen LogP contribution in [-0.2, 0) is 21.2 Å². The second-order valence-electron chi connectivity index (χ2n) is 4.41. The SMILES string of the molecule is O=C(N[C@@H]1CS(=O)(=O)C[C@H]1Cl)OCc1ccccc1. The molecule has 7 heteroatoms. The molecule has 1 N–H and O–H groups in total. The molecule has 2 rings (SSSR count). The zero-order chi connectivity index (χ0) is 13.9. The number of carbonyl (C=O) groups excluding carboxylic acids is 1. The summed E-state index contributed by atoms with van der Waals surface area (Å²) in [5, 5.41) is 1.88. The minimum absolute atomic E-state index is 0.113. The molecule has 0 radical (unpaired) electrons. The number of alkyl halides is 1. The third-order valence-corrected chi connectivity index (χ3v) is 5.17. The molecule has 104 valence electrons. The predicted octanol–water partition coefficient (Wildman–Crippen LogP) is 1.32. The summed E-state index contributed by atoms with van der Waals surface area (Å²) in [5.74, 6) is -0.250. The van der Waals surface area contributed by atoms with Gasteiger partial charge < -0.3 is 10.1 Å². The van der Waals surface area contributed by atoms with Crippen molar-refractivity contribution in [3.8, 4) is 0 Å². The van der Waals surface area contributed by atoms with Crippen LogP contribution in [-0.4, -0.2) is 37.4 Å². The first kappa shape index (κ1) is 14.1. The molecule has 1 aliphatic rings. The third-order valence-electron chi connectivity index (χ3n) is 2.80. The smallest absolute Gasteiger partial charge is 0.407 e. The largest absolute Gasteiger partial charge is 0.445 e. The van der Waals surface area contributed by atoms with Crippen LogP contribution in [0.5, 0.6) is 0 Å². The minimum Gasteiger partial charge on any atom is -0.445 e. The summed E-state index contributed by atoms with van der Waals surface area (Å²) in [6.45, 7) is 0.138. The molecule has 0 saturated carbocycles. The lowest BCUT2D eigenvalue weighted by Crippen LogP contribution is -2.40. The van der Waals surface area contributed by atoms with Gasteiger partial charge in [0.1, 0.15) is 6.61 Å². The van der Waals surface area contributed by atoms with E-state index < -0.39 is 27.3 Å². The Bertz CT molecular complexity index is 546. The van der Waals surface area contributed by atoms with Crippen molar-refractivity contribution in [2.75, 3.05) is 11.5 Å². The number of carbonyl (C=O) groups is 1. The summed E-state index contributed by atoms with van der Waals surface area (Å²) < 4.78 is 27.7. The number of hydrogen-bond acceptors (Lipinski definition) is 4. The van der Waals surface area contributed by atoms with E-state index >= 15 is 0 Å². The van der Waals surface area contributed by atoms with Crippen LogP contribution in [0, 0.1) is 0 Å². The Balaban J connectivity index is 1.82. The molecule has 1 saturated heterocycles. The molecule has 1 fully saturated rings. The quantitative estimate of drug-likeness (QED) is 0.855. The molecule has 0 bridgehead atoms. The normalized spacial score (nSPS) is 24.9. The molecular formula is C12H14ClNO4S. The van der Waals surface area contributed by atoms with E-state index in [0.717, 1.165) is 5.56 Å². The van der Waals surface area contributed by atoms with Crippen molar-refractivity contribution in [1.82, 2.24) is 5.32 Å². The van der Waals surface area contributed by atoms with E-state index in [0.29, 0.717) is 0 Å². The lowest BCUT2D eigenvalue weighted by Gasteiger charge is -2.14. The van der Waals surface area contributed by atoms with E-state index in [4.69, 9.17) is 16.3 Å². The summed E-state index contributed by atoms with van der Waals surface area (Å²) in [4.78, 5) is 11.5. The maximum absolute atomic E-state index is 11.5.